The molecule has 2 fully saturated rings. The van der Waals surface area contributed by atoms with E-state index in [0.717, 1.165) is 38.9 Å². The number of amides is 2. The molecule has 2 aliphatic rings. The molecule has 3 rings (SSSR count). The topological polar surface area (TPSA) is 84.2 Å². The average Bonchev–Trinajstić information content (AvgIpc) is 3.13. The standard InChI is InChI=1S/C16H24N6O2/c1-3-8-21-11-16(5-4-14(21)23)6-9-20(10-7-16)15(24)13(2)22-12-17-18-19-22/h3,12-13H,1,4-11H2,2H3/t13-/m0/s1. The second-order valence-corrected chi connectivity index (χ2v) is 6.85. The van der Waals surface area contributed by atoms with E-state index in [-0.39, 0.29) is 23.3 Å². The number of nitrogens with zero attached hydrogens (tertiary/aromatic N) is 6. The summed E-state index contributed by atoms with van der Waals surface area (Å²) >= 11 is 0. The van der Waals surface area contributed by atoms with Crippen molar-refractivity contribution >= 4 is 11.8 Å². The highest BCUT2D eigenvalue weighted by molar-refractivity contribution is 5.80. The van der Waals surface area contributed by atoms with Crippen LogP contribution in [0.25, 0.3) is 0 Å². The van der Waals surface area contributed by atoms with Gasteiger partial charge in [0.15, 0.2) is 0 Å². The van der Waals surface area contributed by atoms with E-state index in [9.17, 15) is 9.59 Å². The van der Waals surface area contributed by atoms with Crippen LogP contribution in [0.2, 0.25) is 0 Å². The van der Waals surface area contributed by atoms with Gasteiger partial charge in [-0.05, 0) is 42.0 Å². The lowest BCUT2D eigenvalue weighted by molar-refractivity contribution is -0.143. The van der Waals surface area contributed by atoms with E-state index in [1.54, 1.807) is 6.08 Å². The SMILES string of the molecule is C=CCN1CC2(CCC1=O)CCN(C(=O)[C@H](C)n1cnnn1)CC2. The zero-order valence-corrected chi connectivity index (χ0v) is 14.1. The fourth-order valence-electron chi connectivity index (χ4n) is 3.76. The first-order valence-electron chi connectivity index (χ1n) is 8.45. The van der Waals surface area contributed by atoms with Gasteiger partial charge in [0.1, 0.15) is 12.4 Å². The predicted molar refractivity (Wildman–Crippen MR) is 86.8 cm³/mol. The van der Waals surface area contributed by atoms with Crippen LogP contribution < -0.4 is 0 Å². The molecule has 1 aromatic rings. The quantitative estimate of drug-likeness (QED) is 0.756. The molecule has 1 atom stereocenters. The Kier molecular flexibility index (Phi) is 4.64. The summed E-state index contributed by atoms with van der Waals surface area (Å²) in [4.78, 5) is 28.4. The van der Waals surface area contributed by atoms with E-state index in [2.05, 4.69) is 22.1 Å². The second-order valence-electron chi connectivity index (χ2n) is 6.85. The molecule has 2 aliphatic heterocycles. The second kappa shape index (κ2) is 6.70. The van der Waals surface area contributed by atoms with Crippen LogP contribution in [0.1, 0.15) is 38.6 Å². The van der Waals surface area contributed by atoms with Crippen molar-refractivity contribution in [2.75, 3.05) is 26.2 Å². The molecule has 0 bridgehead atoms. The minimum absolute atomic E-state index is 0.0481. The van der Waals surface area contributed by atoms with Gasteiger partial charge in [-0.1, -0.05) is 6.08 Å². The van der Waals surface area contributed by atoms with Gasteiger partial charge >= 0.3 is 0 Å². The lowest BCUT2D eigenvalue weighted by Crippen LogP contribution is -2.53. The minimum Gasteiger partial charge on any atom is -0.341 e. The Morgan fingerprint density at radius 3 is 2.79 bits per heavy atom. The summed E-state index contributed by atoms with van der Waals surface area (Å²) in [6.45, 7) is 8.39. The van der Waals surface area contributed by atoms with Gasteiger partial charge in [0.2, 0.25) is 11.8 Å². The zero-order valence-electron chi connectivity index (χ0n) is 14.1. The molecule has 0 radical (unpaired) electrons. The predicted octanol–water partition coefficient (Wildman–Crippen LogP) is 0.651. The number of hydrogen-bond acceptors (Lipinski definition) is 5. The molecule has 0 aromatic carbocycles. The maximum absolute atomic E-state index is 12.6. The van der Waals surface area contributed by atoms with Crippen molar-refractivity contribution in [2.24, 2.45) is 5.41 Å². The molecule has 2 saturated heterocycles. The highest BCUT2D eigenvalue weighted by Gasteiger charge is 2.41. The average molecular weight is 332 g/mol. The molecular formula is C16H24N6O2. The van der Waals surface area contributed by atoms with Crippen molar-refractivity contribution in [3.8, 4) is 0 Å². The van der Waals surface area contributed by atoms with Crippen LogP contribution in [0.4, 0.5) is 0 Å². The largest absolute Gasteiger partial charge is 0.341 e. The monoisotopic (exact) mass is 332 g/mol. The van der Waals surface area contributed by atoms with E-state index in [0.29, 0.717) is 13.0 Å². The van der Waals surface area contributed by atoms with Crippen molar-refractivity contribution in [3.05, 3.63) is 19.0 Å². The number of hydrogen-bond donors (Lipinski definition) is 0. The van der Waals surface area contributed by atoms with Gasteiger partial charge in [-0.15, -0.1) is 11.7 Å². The van der Waals surface area contributed by atoms with Gasteiger partial charge in [0.05, 0.1) is 0 Å². The van der Waals surface area contributed by atoms with Crippen molar-refractivity contribution in [1.29, 1.82) is 0 Å². The van der Waals surface area contributed by atoms with Gasteiger partial charge < -0.3 is 9.80 Å². The van der Waals surface area contributed by atoms with Crippen molar-refractivity contribution in [2.45, 2.75) is 38.6 Å². The van der Waals surface area contributed by atoms with Crippen LogP contribution >= 0.6 is 0 Å². The minimum atomic E-state index is -0.390. The third-order valence-corrected chi connectivity index (χ3v) is 5.35. The lowest BCUT2D eigenvalue weighted by atomic mass is 9.72. The summed E-state index contributed by atoms with van der Waals surface area (Å²) in [6.07, 6.45) is 6.63. The third-order valence-electron chi connectivity index (χ3n) is 5.35. The van der Waals surface area contributed by atoms with Gasteiger partial charge in [-0.2, -0.15) is 0 Å². The first-order chi connectivity index (χ1) is 11.5. The fourth-order valence-corrected chi connectivity index (χ4v) is 3.76. The van der Waals surface area contributed by atoms with E-state index < -0.39 is 0 Å². The Morgan fingerprint density at radius 2 is 2.17 bits per heavy atom. The summed E-state index contributed by atoms with van der Waals surface area (Å²) in [5.41, 5.74) is 0.145. The highest BCUT2D eigenvalue weighted by Crippen LogP contribution is 2.40. The first-order valence-corrected chi connectivity index (χ1v) is 8.45. The van der Waals surface area contributed by atoms with Crippen LogP contribution in [0.3, 0.4) is 0 Å². The highest BCUT2D eigenvalue weighted by atomic mass is 16.2. The van der Waals surface area contributed by atoms with Crippen molar-refractivity contribution < 1.29 is 9.59 Å². The number of rotatable bonds is 4. The summed E-state index contributed by atoms with van der Waals surface area (Å²) in [5, 5.41) is 11.0. The number of carbonyl (C=O) groups is 2. The molecule has 0 aliphatic carbocycles. The van der Waals surface area contributed by atoms with Gasteiger partial charge in [-0.3, -0.25) is 9.59 Å². The van der Waals surface area contributed by atoms with E-state index in [4.69, 9.17) is 0 Å². The molecule has 2 amide bonds. The Hall–Kier alpha value is -2.25. The van der Waals surface area contributed by atoms with E-state index in [1.807, 2.05) is 16.7 Å². The number of piperidine rings is 2. The number of tetrazole rings is 1. The number of likely N-dealkylation sites (tertiary alicyclic amines) is 2. The first kappa shape index (κ1) is 16.6. The molecule has 130 valence electrons. The van der Waals surface area contributed by atoms with Crippen molar-refractivity contribution in [3.63, 3.8) is 0 Å². The van der Waals surface area contributed by atoms with Crippen LogP contribution in [-0.4, -0.2) is 68.0 Å². The molecule has 8 heteroatoms. The molecular weight excluding hydrogens is 308 g/mol. The Labute approximate surface area is 141 Å². The summed E-state index contributed by atoms with van der Waals surface area (Å²) in [6, 6.07) is -0.390. The van der Waals surface area contributed by atoms with Crippen LogP contribution in [-0.2, 0) is 9.59 Å². The Bertz CT molecular complexity index is 606. The maximum Gasteiger partial charge on any atom is 0.247 e. The summed E-state index contributed by atoms with van der Waals surface area (Å²) in [5.74, 6) is 0.262. The Morgan fingerprint density at radius 1 is 1.42 bits per heavy atom. The number of carbonyl (C=O) groups excluding carboxylic acids is 2. The van der Waals surface area contributed by atoms with Gasteiger partial charge in [-0.25, -0.2) is 4.68 Å². The molecule has 24 heavy (non-hydrogen) atoms. The fraction of sp³-hybridized carbons (Fsp3) is 0.688. The number of aromatic nitrogens is 4. The van der Waals surface area contributed by atoms with E-state index >= 15 is 0 Å². The summed E-state index contributed by atoms with van der Waals surface area (Å²) in [7, 11) is 0. The van der Waals surface area contributed by atoms with Gasteiger partial charge in [0, 0.05) is 32.6 Å². The Balaban J connectivity index is 1.60. The zero-order chi connectivity index (χ0) is 17.2. The molecule has 0 saturated carbocycles. The maximum atomic E-state index is 12.6. The molecule has 0 N–H and O–H groups in total. The van der Waals surface area contributed by atoms with Crippen LogP contribution in [0.15, 0.2) is 19.0 Å². The molecule has 1 spiro atoms. The molecule has 1 aromatic heterocycles. The molecule has 3 heterocycles. The third kappa shape index (κ3) is 3.18. The normalized spacial score (nSPS) is 21.8. The lowest BCUT2D eigenvalue weighted by Gasteiger charge is -2.47. The molecule has 0 unspecified atom stereocenters. The molecule has 8 nitrogen and oxygen atoms in total. The van der Waals surface area contributed by atoms with Crippen LogP contribution in [0.5, 0.6) is 0 Å². The van der Waals surface area contributed by atoms with Crippen molar-refractivity contribution in [1.82, 2.24) is 30.0 Å². The van der Waals surface area contributed by atoms with Crippen LogP contribution in [0, 0.1) is 5.41 Å². The van der Waals surface area contributed by atoms with E-state index in [1.165, 1.54) is 11.0 Å². The van der Waals surface area contributed by atoms with Gasteiger partial charge in [0.25, 0.3) is 0 Å². The summed E-state index contributed by atoms with van der Waals surface area (Å²) < 4.78 is 1.48. The smallest absolute Gasteiger partial charge is 0.247 e.